The van der Waals surface area contributed by atoms with Crippen molar-refractivity contribution in [1.29, 1.82) is 0 Å². The van der Waals surface area contributed by atoms with E-state index in [1.54, 1.807) is 11.1 Å². The van der Waals surface area contributed by atoms with Crippen molar-refractivity contribution >= 4 is 5.91 Å². The van der Waals surface area contributed by atoms with Crippen molar-refractivity contribution in [3.05, 3.63) is 59.2 Å². The van der Waals surface area contributed by atoms with Gasteiger partial charge in [-0.15, -0.1) is 0 Å². The number of aliphatic hydroxyl groups is 1. The van der Waals surface area contributed by atoms with E-state index in [4.69, 9.17) is 0 Å². The predicted octanol–water partition coefficient (Wildman–Crippen LogP) is 3.04. The fourth-order valence-electron chi connectivity index (χ4n) is 3.51. The van der Waals surface area contributed by atoms with Crippen LogP contribution < -0.4 is 0 Å². The number of amides is 1. The molecule has 1 aliphatic rings. The van der Waals surface area contributed by atoms with Crippen LogP contribution in [0.15, 0.2) is 36.5 Å². The minimum Gasteiger partial charge on any atom is -0.388 e. The van der Waals surface area contributed by atoms with E-state index in [0.717, 1.165) is 31.2 Å². The maximum absolute atomic E-state index is 13.1. The molecule has 5 nitrogen and oxygen atoms in total. The van der Waals surface area contributed by atoms with Gasteiger partial charge in [-0.1, -0.05) is 43.2 Å². The van der Waals surface area contributed by atoms with Crippen molar-refractivity contribution in [3.8, 4) is 0 Å². The van der Waals surface area contributed by atoms with E-state index in [0.29, 0.717) is 30.2 Å². The molecule has 5 heteroatoms. The van der Waals surface area contributed by atoms with Crippen molar-refractivity contribution < 1.29 is 9.90 Å². The van der Waals surface area contributed by atoms with Gasteiger partial charge in [-0.2, -0.15) is 0 Å². The summed E-state index contributed by atoms with van der Waals surface area (Å²) >= 11 is 0. The number of aromatic nitrogens is 2. The van der Waals surface area contributed by atoms with Gasteiger partial charge in [0.2, 0.25) is 0 Å². The van der Waals surface area contributed by atoms with Crippen LogP contribution in [0.3, 0.4) is 0 Å². The molecule has 1 amide bonds. The van der Waals surface area contributed by atoms with Crippen molar-refractivity contribution in [2.75, 3.05) is 6.54 Å². The Kier molecular flexibility index (Phi) is 5.13. The molecule has 25 heavy (non-hydrogen) atoms. The second-order valence-electron chi connectivity index (χ2n) is 6.99. The number of hydrogen-bond acceptors (Lipinski definition) is 4. The van der Waals surface area contributed by atoms with Crippen LogP contribution in [0.4, 0.5) is 0 Å². The van der Waals surface area contributed by atoms with E-state index in [-0.39, 0.29) is 5.91 Å². The summed E-state index contributed by atoms with van der Waals surface area (Å²) in [6.07, 6.45) is 5.10. The summed E-state index contributed by atoms with van der Waals surface area (Å²) in [5, 5.41) is 10.8. The van der Waals surface area contributed by atoms with Crippen molar-refractivity contribution in [2.24, 2.45) is 0 Å². The van der Waals surface area contributed by atoms with Crippen LogP contribution in [0.2, 0.25) is 0 Å². The number of aryl methyl sites for hydroxylation is 2. The highest BCUT2D eigenvalue weighted by Gasteiger charge is 2.35. The molecular weight excluding hydrogens is 314 g/mol. The second kappa shape index (κ2) is 7.31. The molecule has 1 heterocycles. The minimum atomic E-state index is -0.788. The van der Waals surface area contributed by atoms with Crippen LogP contribution in [0, 0.1) is 13.8 Å². The van der Waals surface area contributed by atoms with E-state index >= 15 is 0 Å². The molecule has 1 aliphatic carbocycles. The van der Waals surface area contributed by atoms with Gasteiger partial charge in [0.1, 0.15) is 5.82 Å². The van der Waals surface area contributed by atoms with Gasteiger partial charge in [-0.05, 0) is 32.3 Å². The lowest BCUT2D eigenvalue weighted by atomic mass is 10.0. The fourth-order valence-corrected chi connectivity index (χ4v) is 3.51. The number of nitrogens with zero attached hydrogens (tertiary/aromatic N) is 3. The Morgan fingerprint density at radius 2 is 1.88 bits per heavy atom. The zero-order valence-electron chi connectivity index (χ0n) is 14.9. The van der Waals surface area contributed by atoms with Crippen molar-refractivity contribution in [2.45, 2.75) is 51.7 Å². The highest BCUT2D eigenvalue weighted by atomic mass is 16.3. The SMILES string of the molecule is Cc1ncc(C(=O)N(Cc2ccccc2)CC2(O)CCCC2)c(C)n1. The summed E-state index contributed by atoms with van der Waals surface area (Å²) < 4.78 is 0. The largest absolute Gasteiger partial charge is 0.388 e. The molecule has 1 aromatic heterocycles. The number of carbonyl (C=O) groups excluding carboxylic acids is 1. The summed E-state index contributed by atoms with van der Waals surface area (Å²) in [7, 11) is 0. The van der Waals surface area contributed by atoms with Gasteiger partial charge >= 0.3 is 0 Å². The lowest BCUT2D eigenvalue weighted by molar-refractivity contribution is 0.00778. The van der Waals surface area contributed by atoms with Crippen molar-refractivity contribution in [3.63, 3.8) is 0 Å². The molecule has 0 unspecified atom stereocenters. The molecule has 0 atom stereocenters. The van der Waals surface area contributed by atoms with Crippen LogP contribution >= 0.6 is 0 Å². The molecule has 0 radical (unpaired) electrons. The van der Waals surface area contributed by atoms with Gasteiger partial charge in [0, 0.05) is 12.7 Å². The molecule has 0 saturated heterocycles. The van der Waals surface area contributed by atoms with Crippen LogP contribution in [-0.2, 0) is 6.54 Å². The fraction of sp³-hybridized carbons (Fsp3) is 0.450. The summed E-state index contributed by atoms with van der Waals surface area (Å²) in [5.74, 6) is 0.528. The molecule has 1 fully saturated rings. The first-order valence-electron chi connectivity index (χ1n) is 8.83. The second-order valence-corrected chi connectivity index (χ2v) is 6.99. The molecule has 0 aliphatic heterocycles. The summed E-state index contributed by atoms with van der Waals surface area (Å²) in [5.41, 5.74) is 1.43. The monoisotopic (exact) mass is 339 g/mol. The first-order chi connectivity index (χ1) is 12.0. The van der Waals surface area contributed by atoms with E-state index in [2.05, 4.69) is 9.97 Å². The van der Waals surface area contributed by atoms with Crippen LogP contribution in [-0.4, -0.2) is 38.0 Å². The molecule has 0 spiro atoms. The Morgan fingerprint density at radius 1 is 1.20 bits per heavy atom. The van der Waals surface area contributed by atoms with E-state index in [9.17, 15) is 9.90 Å². The van der Waals surface area contributed by atoms with E-state index in [1.807, 2.05) is 44.2 Å². The normalized spacial score (nSPS) is 16.0. The Morgan fingerprint density at radius 3 is 2.52 bits per heavy atom. The number of rotatable bonds is 5. The minimum absolute atomic E-state index is 0.123. The third kappa shape index (κ3) is 4.23. The zero-order valence-corrected chi connectivity index (χ0v) is 14.9. The number of benzene rings is 1. The lowest BCUT2D eigenvalue weighted by Gasteiger charge is -2.32. The van der Waals surface area contributed by atoms with Gasteiger partial charge in [0.05, 0.1) is 23.4 Å². The Bertz CT molecular complexity index is 740. The summed E-state index contributed by atoms with van der Waals surface area (Å²) in [4.78, 5) is 23.4. The first-order valence-corrected chi connectivity index (χ1v) is 8.83. The first kappa shape index (κ1) is 17.5. The summed E-state index contributed by atoms with van der Waals surface area (Å²) in [6.45, 7) is 4.44. The van der Waals surface area contributed by atoms with Crippen molar-refractivity contribution in [1.82, 2.24) is 14.9 Å². The molecule has 132 valence electrons. The highest BCUT2D eigenvalue weighted by molar-refractivity contribution is 5.95. The third-order valence-corrected chi connectivity index (χ3v) is 4.85. The van der Waals surface area contributed by atoms with Gasteiger partial charge in [0.25, 0.3) is 5.91 Å². The number of hydrogen-bond donors (Lipinski definition) is 1. The molecular formula is C20H25N3O2. The molecule has 1 N–H and O–H groups in total. The van der Waals surface area contributed by atoms with Gasteiger partial charge in [0.15, 0.2) is 0 Å². The molecule has 1 saturated carbocycles. The average molecular weight is 339 g/mol. The number of carbonyl (C=O) groups is 1. The molecule has 2 aromatic rings. The van der Waals surface area contributed by atoms with Crippen LogP contribution in [0.5, 0.6) is 0 Å². The maximum atomic E-state index is 13.1. The smallest absolute Gasteiger partial charge is 0.257 e. The quantitative estimate of drug-likeness (QED) is 0.909. The predicted molar refractivity (Wildman–Crippen MR) is 96.1 cm³/mol. The molecule has 1 aromatic carbocycles. The van der Waals surface area contributed by atoms with Gasteiger partial charge in [-0.3, -0.25) is 4.79 Å². The maximum Gasteiger partial charge on any atom is 0.257 e. The third-order valence-electron chi connectivity index (χ3n) is 4.85. The van der Waals surface area contributed by atoms with Gasteiger partial charge in [-0.25, -0.2) is 9.97 Å². The lowest BCUT2D eigenvalue weighted by Crippen LogP contribution is -2.44. The Hall–Kier alpha value is -2.27. The Balaban J connectivity index is 1.87. The van der Waals surface area contributed by atoms with Gasteiger partial charge < -0.3 is 10.0 Å². The average Bonchev–Trinajstić information content (AvgIpc) is 3.01. The molecule has 3 rings (SSSR count). The van der Waals surface area contributed by atoms with Crippen LogP contribution in [0.1, 0.15) is 53.1 Å². The topological polar surface area (TPSA) is 66.3 Å². The highest BCUT2D eigenvalue weighted by Crippen LogP contribution is 2.31. The Labute approximate surface area is 148 Å². The summed E-state index contributed by atoms with van der Waals surface area (Å²) in [6, 6.07) is 9.87. The van der Waals surface area contributed by atoms with Crippen LogP contribution in [0.25, 0.3) is 0 Å². The molecule has 0 bridgehead atoms. The zero-order chi connectivity index (χ0) is 17.9. The van der Waals surface area contributed by atoms with E-state index < -0.39 is 5.60 Å². The standard InChI is InChI=1S/C20H25N3O2/c1-15-18(12-21-16(2)22-15)19(24)23(13-17-8-4-3-5-9-17)14-20(25)10-6-7-11-20/h3-5,8-9,12,25H,6-7,10-11,13-14H2,1-2H3. The van der Waals surface area contributed by atoms with E-state index in [1.165, 1.54) is 0 Å².